The number of rotatable bonds is 12. The van der Waals surface area contributed by atoms with Crippen LogP contribution in [0.25, 0.3) is 0 Å². The topological polar surface area (TPSA) is 31.4 Å². The Labute approximate surface area is 291 Å². The third kappa shape index (κ3) is 6.77. The number of thioether (sulfide) groups is 1. The fourth-order valence-corrected chi connectivity index (χ4v) is 13.2. The predicted octanol–water partition coefficient (Wildman–Crippen LogP) is 9.48. The van der Waals surface area contributed by atoms with Crippen LogP contribution < -0.4 is 15.1 Å². The minimum atomic E-state index is -3.02. The molecule has 48 heavy (non-hydrogen) atoms. The Morgan fingerprint density at radius 2 is 0.938 bits per heavy atom. The summed E-state index contributed by atoms with van der Waals surface area (Å²) < 4.78 is 14.1. The lowest BCUT2D eigenvalue weighted by atomic mass is 9.84. The smallest absolute Gasteiger partial charge is 0.262 e. The van der Waals surface area contributed by atoms with E-state index < -0.39 is 18.5 Å². The first kappa shape index (κ1) is 33.5. The zero-order chi connectivity index (χ0) is 33.5. The van der Waals surface area contributed by atoms with E-state index in [2.05, 4.69) is 184 Å². The molecule has 0 spiro atoms. The summed E-state index contributed by atoms with van der Waals surface area (Å²) in [5, 5.41) is 2.22. The molecule has 0 aliphatic rings. The third-order valence-electron chi connectivity index (χ3n) is 8.87. The summed E-state index contributed by atoms with van der Waals surface area (Å²) >= 11 is 1.82. The molecular weight excluding hydrogens is 623 g/mol. The maximum absolute atomic E-state index is 7.98. The molecule has 0 aliphatic heterocycles. The number of pyridine rings is 1. The van der Waals surface area contributed by atoms with Crippen LogP contribution in [-0.4, -0.2) is 24.8 Å². The number of hydrogen-bond acceptors (Lipinski definition) is 4. The van der Waals surface area contributed by atoms with Crippen molar-refractivity contribution in [2.75, 3.05) is 0 Å². The van der Waals surface area contributed by atoms with Crippen LogP contribution in [0, 0.1) is 0 Å². The molecule has 242 valence electrons. The Hall–Kier alpha value is -4.42. The van der Waals surface area contributed by atoms with Gasteiger partial charge < -0.3 is 9.16 Å². The molecule has 6 rings (SSSR count). The molecule has 3 nitrogen and oxygen atoms in total. The van der Waals surface area contributed by atoms with Gasteiger partial charge in [-0.15, -0.1) is 11.8 Å². The molecule has 6 aromatic rings. The standard InChI is InChI=1S/C43H43NO2SSi/c1-34(45-40-32-20-21-33-44-40)41(46-48(42(2,3)4,38-28-16-8-17-29-38)39-30-18-9-19-31-39)47-43(35-22-10-5-11-23-35,36-24-12-6-13-25-36)37-26-14-7-15-27-37/h5-34,41H,1-4H3/t34-,41-/m0/s1. The summed E-state index contributed by atoms with van der Waals surface area (Å²) in [7, 11) is -3.02. The number of aromatic nitrogens is 1. The largest absolute Gasteiger partial charge is 0.471 e. The summed E-state index contributed by atoms with van der Waals surface area (Å²) in [6, 6.07) is 59.9. The van der Waals surface area contributed by atoms with E-state index in [1.165, 1.54) is 27.1 Å². The van der Waals surface area contributed by atoms with Gasteiger partial charge in [0.15, 0.2) is 0 Å². The van der Waals surface area contributed by atoms with Gasteiger partial charge in [0.25, 0.3) is 8.32 Å². The van der Waals surface area contributed by atoms with Gasteiger partial charge in [-0.2, -0.15) is 0 Å². The van der Waals surface area contributed by atoms with Gasteiger partial charge in [0.05, 0.1) is 4.75 Å². The van der Waals surface area contributed by atoms with Crippen molar-refractivity contribution in [2.24, 2.45) is 0 Å². The maximum atomic E-state index is 7.98. The van der Waals surface area contributed by atoms with Gasteiger partial charge in [-0.3, -0.25) is 0 Å². The minimum Gasteiger partial charge on any atom is -0.471 e. The second kappa shape index (κ2) is 14.8. The zero-order valence-electron chi connectivity index (χ0n) is 28.1. The molecule has 0 N–H and O–H groups in total. The van der Waals surface area contributed by atoms with Gasteiger partial charge in [-0.05, 0) is 45.1 Å². The van der Waals surface area contributed by atoms with E-state index in [0.717, 1.165) is 0 Å². The molecule has 1 aromatic heterocycles. The maximum Gasteiger partial charge on any atom is 0.262 e. The molecule has 0 saturated carbocycles. The summed E-state index contributed by atoms with van der Waals surface area (Å²) in [4.78, 5) is 4.56. The fourth-order valence-electron chi connectivity index (χ4n) is 6.64. The molecule has 2 atom stereocenters. The minimum absolute atomic E-state index is 0.228. The van der Waals surface area contributed by atoms with Gasteiger partial charge >= 0.3 is 0 Å². The normalized spacial score (nSPS) is 13.4. The number of ether oxygens (including phenoxy) is 1. The summed E-state index contributed by atoms with van der Waals surface area (Å²) in [5.74, 6) is 0.575. The van der Waals surface area contributed by atoms with Crippen molar-refractivity contribution in [3.63, 3.8) is 0 Å². The predicted molar refractivity (Wildman–Crippen MR) is 204 cm³/mol. The number of benzene rings is 5. The molecule has 5 heteroatoms. The Bertz CT molecular complexity index is 1700. The van der Waals surface area contributed by atoms with E-state index in [-0.39, 0.29) is 11.1 Å². The van der Waals surface area contributed by atoms with Crippen LogP contribution in [0.5, 0.6) is 5.88 Å². The Morgan fingerprint density at radius 3 is 1.31 bits per heavy atom. The lowest BCUT2D eigenvalue weighted by Gasteiger charge is -2.48. The average molecular weight is 666 g/mol. The summed E-state index contributed by atoms with van der Waals surface area (Å²) in [6.07, 6.45) is 1.40. The highest BCUT2D eigenvalue weighted by molar-refractivity contribution is 8.01. The number of nitrogens with zero attached hydrogens (tertiary/aromatic N) is 1. The fraction of sp³-hybridized carbons (Fsp3) is 0.186. The van der Waals surface area contributed by atoms with Crippen molar-refractivity contribution >= 4 is 30.5 Å². The van der Waals surface area contributed by atoms with Crippen molar-refractivity contribution < 1.29 is 9.16 Å². The highest BCUT2D eigenvalue weighted by Gasteiger charge is 2.54. The van der Waals surface area contributed by atoms with E-state index in [4.69, 9.17) is 9.16 Å². The van der Waals surface area contributed by atoms with E-state index in [1.807, 2.05) is 30.0 Å². The molecule has 0 saturated heterocycles. The summed E-state index contributed by atoms with van der Waals surface area (Å²) in [6.45, 7) is 9.09. The molecule has 0 radical (unpaired) electrons. The lowest BCUT2D eigenvalue weighted by Crippen LogP contribution is -2.68. The van der Waals surface area contributed by atoms with Gasteiger partial charge in [0.1, 0.15) is 11.5 Å². The zero-order valence-corrected chi connectivity index (χ0v) is 29.9. The van der Waals surface area contributed by atoms with Crippen molar-refractivity contribution in [1.82, 2.24) is 4.98 Å². The van der Waals surface area contributed by atoms with Crippen LogP contribution >= 0.6 is 11.8 Å². The monoisotopic (exact) mass is 665 g/mol. The molecular formula is C43H43NO2SSi. The summed E-state index contributed by atoms with van der Waals surface area (Å²) in [5.41, 5.74) is 3.09. The van der Waals surface area contributed by atoms with E-state index in [0.29, 0.717) is 5.88 Å². The highest BCUT2D eigenvalue weighted by Crippen LogP contribution is 2.52. The Kier molecular flexibility index (Phi) is 10.3. The van der Waals surface area contributed by atoms with E-state index in [1.54, 1.807) is 6.20 Å². The number of hydrogen-bond donors (Lipinski definition) is 0. The quantitative estimate of drug-likeness (QED) is 0.0741. The van der Waals surface area contributed by atoms with Crippen LogP contribution in [0.1, 0.15) is 44.4 Å². The SMILES string of the molecule is C[C@H](Oc1ccccn1)[C@@H](O[Si](c1ccccc1)(c1ccccc1)C(C)(C)C)SC(c1ccccc1)(c1ccccc1)c1ccccc1. The second-order valence-corrected chi connectivity index (χ2v) is 18.6. The van der Waals surface area contributed by atoms with Crippen molar-refractivity contribution in [1.29, 1.82) is 0 Å². The highest BCUT2D eigenvalue weighted by atomic mass is 32.2. The third-order valence-corrected chi connectivity index (χ3v) is 15.8. The first-order valence-corrected chi connectivity index (χ1v) is 19.3. The van der Waals surface area contributed by atoms with Gasteiger partial charge in [0, 0.05) is 12.3 Å². The van der Waals surface area contributed by atoms with Crippen LogP contribution in [-0.2, 0) is 9.17 Å². The molecule has 0 aliphatic carbocycles. The van der Waals surface area contributed by atoms with Crippen LogP contribution in [0.15, 0.2) is 176 Å². The van der Waals surface area contributed by atoms with Gasteiger partial charge in [-0.1, -0.05) is 178 Å². The van der Waals surface area contributed by atoms with Crippen molar-refractivity contribution in [3.8, 4) is 5.88 Å². The average Bonchev–Trinajstić information content (AvgIpc) is 3.13. The second-order valence-electron chi connectivity index (χ2n) is 13.0. The van der Waals surface area contributed by atoms with Crippen LogP contribution in [0.4, 0.5) is 0 Å². The van der Waals surface area contributed by atoms with E-state index in [9.17, 15) is 0 Å². The van der Waals surface area contributed by atoms with Crippen molar-refractivity contribution in [2.45, 2.75) is 49.0 Å². The molecule has 1 heterocycles. The van der Waals surface area contributed by atoms with Crippen LogP contribution in [0.2, 0.25) is 5.04 Å². The van der Waals surface area contributed by atoms with Crippen molar-refractivity contribution in [3.05, 3.63) is 193 Å². The molecule has 0 unspecified atom stereocenters. The van der Waals surface area contributed by atoms with Crippen LogP contribution in [0.3, 0.4) is 0 Å². The Balaban J connectivity index is 1.61. The van der Waals surface area contributed by atoms with E-state index >= 15 is 0 Å². The molecule has 0 amide bonds. The lowest BCUT2D eigenvalue weighted by molar-refractivity contribution is 0.110. The molecule has 0 bridgehead atoms. The van der Waals surface area contributed by atoms with Gasteiger partial charge in [0.2, 0.25) is 5.88 Å². The molecule has 0 fully saturated rings. The first-order chi connectivity index (χ1) is 23.3. The first-order valence-electron chi connectivity index (χ1n) is 16.6. The Morgan fingerprint density at radius 1 is 0.542 bits per heavy atom. The van der Waals surface area contributed by atoms with Gasteiger partial charge in [-0.25, -0.2) is 4.98 Å². The molecule has 5 aromatic carbocycles.